The first-order chi connectivity index (χ1) is 9.08. The summed E-state index contributed by atoms with van der Waals surface area (Å²) in [6, 6.07) is 5.61. The van der Waals surface area contributed by atoms with Crippen molar-refractivity contribution < 1.29 is 9.66 Å². The lowest BCUT2D eigenvalue weighted by Gasteiger charge is -2.07. The predicted molar refractivity (Wildman–Crippen MR) is 66.2 cm³/mol. The van der Waals surface area contributed by atoms with E-state index in [1.165, 1.54) is 36.7 Å². The van der Waals surface area contributed by atoms with Crippen molar-refractivity contribution in [2.45, 2.75) is 0 Å². The Kier molecular flexibility index (Phi) is 3.33. The van der Waals surface area contributed by atoms with Crippen molar-refractivity contribution in [3.05, 3.63) is 52.5 Å². The van der Waals surface area contributed by atoms with Gasteiger partial charge in [-0.3, -0.25) is 15.5 Å². The minimum absolute atomic E-state index is 0.0236. The molecule has 96 valence electrons. The van der Waals surface area contributed by atoms with Crippen LogP contribution in [0.1, 0.15) is 5.69 Å². The molecule has 0 aliphatic heterocycles. The Bertz CT molecular complexity index is 644. The van der Waals surface area contributed by atoms with Gasteiger partial charge in [-0.05, 0) is 6.07 Å². The third-order valence-electron chi connectivity index (χ3n) is 2.16. The first-order valence-corrected chi connectivity index (χ1v) is 5.15. The van der Waals surface area contributed by atoms with Crippen molar-refractivity contribution in [2.75, 3.05) is 0 Å². The molecule has 0 aliphatic carbocycles. The normalized spacial score (nSPS) is 9.89. The number of benzene rings is 1. The fourth-order valence-corrected chi connectivity index (χ4v) is 1.36. The topological polar surface area (TPSA) is 128 Å². The molecule has 8 nitrogen and oxygen atoms in total. The third kappa shape index (κ3) is 2.80. The Morgan fingerprint density at radius 3 is 2.79 bits per heavy atom. The molecule has 0 aliphatic rings. The van der Waals surface area contributed by atoms with Gasteiger partial charge < -0.3 is 10.5 Å². The summed E-state index contributed by atoms with van der Waals surface area (Å²) in [6.45, 7) is 0. The van der Waals surface area contributed by atoms with Gasteiger partial charge in [0.15, 0.2) is 5.69 Å². The van der Waals surface area contributed by atoms with Gasteiger partial charge in [-0.15, -0.1) is 0 Å². The second-order valence-corrected chi connectivity index (χ2v) is 3.48. The van der Waals surface area contributed by atoms with Gasteiger partial charge in [0.05, 0.1) is 11.0 Å². The summed E-state index contributed by atoms with van der Waals surface area (Å²) < 4.78 is 5.36. The van der Waals surface area contributed by atoms with Crippen molar-refractivity contribution >= 4 is 11.5 Å². The number of aromatic nitrogens is 2. The lowest BCUT2D eigenvalue weighted by atomic mass is 10.3. The number of nitrogens with one attached hydrogen (secondary N) is 1. The van der Waals surface area contributed by atoms with Crippen LogP contribution in [0.2, 0.25) is 0 Å². The molecule has 2 rings (SSSR count). The van der Waals surface area contributed by atoms with Crippen LogP contribution < -0.4 is 10.5 Å². The summed E-state index contributed by atoms with van der Waals surface area (Å²) in [4.78, 5) is 17.9. The first-order valence-electron chi connectivity index (χ1n) is 5.15. The SMILES string of the molecule is N=C(N)c1nccnc1Oc1cccc([N+](=O)[O-])c1. The molecule has 0 radical (unpaired) electrons. The molecule has 1 aromatic carbocycles. The number of nitro benzene ring substituents is 1. The van der Waals surface area contributed by atoms with Gasteiger partial charge in [0, 0.05) is 18.5 Å². The number of nitrogen functional groups attached to an aromatic ring is 1. The highest BCUT2D eigenvalue weighted by molar-refractivity contribution is 5.95. The Morgan fingerprint density at radius 2 is 2.11 bits per heavy atom. The highest BCUT2D eigenvalue weighted by Gasteiger charge is 2.12. The zero-order valence-electron chi connectivity index (χ0n) is 9.61. The Morgan fingerprint density at radius 1 is 1.37 bits per heavy atom. The van der Waals surface area contributed by atoms with E-state index in [4.69, 9.17) is 15.9 Å². The molecule has 0 atom stereocenters. The zero-order chi connectivity index (χ0) is 13.8. The molecule has 0 bridgehead atoms. The number of rotatable bonds is 4. The molecule has 19 heavy (non-hydrogen) atoms. The van der Waals surface area contributed by atoms with Crippen molar-refractivity contribution in [3.8, 4) is 11.6 Å². The van der Waals surface area contributed by atoms with Crippen LogP contribution in [0.25, 0.3) is 0 Å². The minimum atomic E-state index is -0.532. The van der Waals surface area contributed by atoms with Gasteiger partial charge in [-0.2, -0.15) is 0 Å². The molecule has 0 saturated heterocycles. The van der Waals surface area contributed by atoms with Crippen LogP contribution in [0.3, 0.4) is 0 Å². The Hall–Kier alpha value is -3.03. The van der Waals surface area contributed by atoms with Crippen LogP contribution in [0.4, 0.5) is 5.69 Å². The molecule has 0 spiro atoms. The summed E-state index contributed by atoms with van der Waals surface area (Å²) in [5.74, 6) is -0.0544. The second-order valence-electron chi connectivity index (χ2n) is 3.48. The predicted octanol–water partition coefficient (Wildman–Crippen LogP) is 1.46. The minimum Gasteiger partial charge on any atom is -0.437 e. The van der Waals surface area contributed by atoms with Crippen molar-refractivity contribution in [2.24, 2.45) is 5.73 Å². The van der Waals surface area contributed by atoms with E-state index < -0.39 is 4.92 Å². The fraction of sp³-hybridized carbons (Fsp3) is 0. The van der Waals surface area contributed by atoms with Crippen LogP contribution in [-0.2, 0) is 0 Å². The van der Waals surface area contributed by atoms with Gasteiger partial charge in [-0.25, -0.2) is 9.97 Å². The summed E-state index contributed by atoms with van der Waals surface area (Å²) in [5.41, 5.74) is 5.31. The third-order valence-corrected chi connectivity index (χ3v) is 2.16. The molecule has 0 saturated carbocycles. The van der Waals surface area contributed by atoms with E-state index in [1.807, 2.05) is 0 Å². The lowest BCUT2D eigenvalue weighted by molar-refractivity contribution is -0.384. The summed E-state index contributed by atoms with van der Waals surface area (Å²) in [5, 5.41) is 18.0. The first kappa shape index (κ1) is 12.4. The largest absolute Gasteiger partial charge is 0.437 e. The molecule has 1 heterocycles. The number of ether oxygens (including phenoxy) is 1. The van der Waals surface area contributed by atoms with E-state index >= 15 is 0 Å². The van der Waals surface area contributed by atoms with Gasteiger partial charge in [0.1, 0.15) is 11.6 Å². The average molecular weight is 259 g/mol. The van der Waals surface area contributed by atoms with Crippen molar-refractivity contribution in [1.29, 1.82) is 5.41 Å². The standard InChI is InChI=1S/C11H9N5O3/c12-10(13)9-11(15-5-4-14-9)19-8-3-1-2-7(6-8)16(17)18/h1-6H,(H3,12,13). The van der Waals surface area contributed by atoms with Gasteiger partial charge in [0.2, 0.25) is 5.88 Å². The monoisotopic (exact) mass is 259 g/mol. The van der Waals surface area contributed by atoms with Crippen LogP contribution in [0, 0.1) is 15.5 Å². The molecule has 1 aromatic heterocycles. The maximum Gasteiger partial charge on any atom is 0.273 e. The number of amidine groups is 1. The summed E-state index contributed by atoms with van der Waals surface area (Å²) >= 11 is 0. The van der Waals surface area contributed by atoms with Crippen molar-refractivity contribution in [3.63, 3.8) is 0 Å². The maximum absolute atomic E-state index is 10.6. The molecular formula is C11H9N5O3. The molecule has 3 N–H and O–H groups in total. The van der Waals surface area contributed by atoms with E-state index in [0.717, 1.165) is 0 Å². The fourth-order valence-electron chi connectivity index (χ4n) is 1.36. The quantitative estimate of drug-likeness (QED) is 0.370. The van der Waals surface area contributed by atoms with Crippen LogP contribution in [-0.4, -0.2) is 20.7 Å². The number of hydrogen-bond acceptors (Lipinski definition) is 6. The highest BCUT2D eigenvalue weighted by Crippen LogP contribution is 2.24. The molecule has 0 fully saturated rings. The summed E-state index contributed by atoms with van der Waals surface area (Å²) in [7, 11) is 0. The number of nitrogens with zero attached hydrogens (tertiary/aromatic N) is 3. The van der Waals surface area contributed by atoms with Crippen LogP contribution in [0.5, 0.6) is 11.6 Å². The average Bonchev–Trinajstić information content (AvgIpc) is 2.39. The molecular weight excluding hydrogens is 250 g/mol. The van der Waals surface area contributed by atoms with E-state index in [9.17, 15) is 10.1 Å². The Labute approximate surface area is 107 Å². The molecule has 8 heteroatoms. The van der Waals surface area contributed by atoms with Crippen LogP contribution >= 0.6 is 0 Å². The molecule has 0 unspecified atom stereocenters. The lowest BCUT2D eigenvalue weighted by Crippen LogP contribution is -2.15. The van der Waals surface area contributed by atoms with E-state index in [-0.39, 0.29) is 28.8 Å². The van der Waals surface area contributed by atoms with Crippen molar-refractivity contribution in [1.82, 2.24) is 9.97 Å². The number of nitrogens with two attached hydrogens (primary N) is 1. The maximum atomic E-state index is 10.6. The number of nitro groups is 1. The number of non-ortho nitro benzene ring substituents is 1. The second kappa shape index (κ2) is 5.08. The smallest absolute Gasteiger partial charge is 0.273 e. The highest BCUT2D eigenvalue weighted by atomic mass is 16.6. The molecule has 0 amide bonds. The van der Waals surface area contributed by atoms with Gasteiger partial charge >= 0.3 is 0 Å². The number of hydrogen-bond donors (Lipinski definition) is 2. The zero-order valence-corrected chi connectivity index (χ0v) is 9.61. The van der Waals surface area contributed by atoms with E-state index in [2.05, 4.69) is 9.97 Å². The summed E-state index contributed by atoms with van der Waals surface area (Å²) in [6.07, 6.45) is 2.75. The van der Waals surface area contributed by atoms with E-state index in [1.54, 1.807) is 0 Å². The van der Waals surface area contributed by atoms with E-state index in [0.29, 0.717) is 0 Å². The Balaban J connectivity index is 2.34. The van der Waals surface area contributed by atoms with Gasteiger partial charge in [0.25, 0.3) is 5.69 Å². The molecule has 2 aromatic rings. The van der Waals surface area contributed by atoms with Crippen LogP contribution in [0.15, 0.2) is 36.7 Å². The van der Waals surface area contributed by atoms with Gasteiger partial charge in [-0.1, -0.05) is 6.07 Å².